The van der Waals surface area contributed by atoms with Crippen LogP contribution in [0.3, 0.4) is 0 Å². The molecule has 1 fully saturated rings. The Morgan fingerprint density at radius 3 is 2.34 bits per heavy atom. The van der Waals surface area contributed by atoms with Gasteiger partial charge in [-0.15, -0.1) is 0 Å². The molecule has 2 heterocycles. The van der Waals surface area contributed by atoms with Crippen LogP contribution in [0, 0.1) is 5.82 Å². The number of benzene rings is 2. The number of amides is 2. The number of anilines is 2. The number of nitrogens with one attached hydrogen (secondary N) is 2. The topological polar surface area (TPSA) is 96.5 Å². The largest absolute Gasteiger partial charge is 0.378 e. The third-order valence-corrected chi connectivity index (χ3v) is 7.62. The fraction of sp³-hybridized carbons (Fsp3) is 0.320. The molecule has 1 aliphatic rings. The Labute approximate surface area is 206 Å². The van der Waals surface area contributed by atoms with Crippen molar-refractivity contribution in [2.45, 2.75) is 23.5 Å². The van der Waals surface area contributed by atoms with Crippen LogP contribution in [0.5, 0.6) is 0 Å². The molecule has 3 aromatic rings. The molecule has 35 heavy (non-hydrogen) atoms. The highest BCUT2D eigenvalue weighted by molar-refractivity contribution is 7.86. The van der Waals surface area contributed by atoms with Gasteiger partial charge in [-0.05, 0) is 62.4 Å². The van der Waals surface area contributed by atoms with Gasteiger partial charge in [-0.25, -0.2) is 19.2 Å². The molecule has 1 aromatic heterocycles. The van der Waals surface area contributed by atoms with Crippen molar-refractivity contribution >= 4 is 28.3 Å². The number of urea groups is 1. The number of hydrogen-bond acceptors (Lipinski definition) is 6. The summed E-state index contributed by atoms with van der Waals surface area (Å²) < 4.78 is 31.6. The maximum atomic E-state index is 13.5. The fourth-order valence-corrected chi connectivity index (χ4v) is 4.94. The van der Waals surface area contributed by atoms with E-state index >= 15 is 0 Å². The quantitative estimate of drug-likeness (QED) is 0.536. The van der Waals surface area contributed by atoms with E-state index in [1.165, 1.54) is 24.3 Å². The minimum absolute atomic E-state index is 0.310. The zero-order chi connectivity index (χ0) is 25.0. The molecule has 2 N–H and O–H groups in total. The molecule has 10 heteroatoms. The number of nitrogens with zero attached hydrogens (tertiary/aromatic N) is 3. The van der Waals surface area contributed by atoms with Crippen LogP contribution < -0.4 is 15.5 Å². The standard InChI is InChI=1S/C25H28FN5O3S/c1-25(2,35(33)20-10-6-18(26)7-11-20)21-16-22(31-12-14-34-15-13-31)30-23(29-21)17-4-8-19(9-5-17)28-24(32)27-3/h4-11,16H,12-15H2,1-3H3,(H2,27,28,32). The van der Waals surface area contributed by atoms with E-state index in [9.17, 15) is 13.4 Å². The molecule has 0 spiro atoms. The summed E-state index contributed by atoms with van der Waals surface area (Å²) in [5, 5.41) is 5.24. The Balaban J connectivity index is 1.74. The van der Waals surface area contributed by atoms with Gasteiger partial charge in [0.05, 0.1) is 34.5 Å². The number of carbonyl (C=O) groups excluding carboxylic acids is 1. The lowest BCUT2D eigenvalue weighted by atomic mass is 10.1. The predicted molar refractivity (Wildman–Crippen MR) is 134 cm³/mol. The van der Waals surface area contributed by atoms with Crippen molar-refractivity contribution in [2.75, 3.05) is 43.6 Å². The van der Waals surface area contributed by atoms with E-state index in [0.717, 1.165) is 11.4 Å². The van der Waals surface area contributed by atoms with Gasteiger partial charge in [-0.3, -0.25) is 4.21 Å². The van der Waals surface area contributed by atoms with Crippen LogP contribution in [0.1, 0.15) is 19.5 Å². The zero-order valence-electron chi connectivity index (χ0n) is 19.9. The molecule has 0 aliphatic carbocycles. The van der Waals surface area contributed by atoms with Gasteiger partial charge in [0.15, 0.2) is 5.82 Å². The average Bonchev–Trinajstić information content (AvgIpc) is 2.89. The molecular formula is C25H28FN5O3S. The highest BCUT2D eigenvalue weighted by Crippen LogP contribution is 2.34. The van der Waals surface area contributed by atoms with Crippen molar-refractivity contribution in [3.63, 3.8) is 0 Å². The van der Waals surface area contributed by atoms with E-state index in [-0.39, 0.29) is 11.8 Å². The van der Waals surface area contributed by atoms with Crippen LogP contribution in [-0.4, -0.2) is 53.6 Å². The summed E-state index contributed by atoms with van der Waals surface area (Å²) in [5.41, 5.74) is 2.00. The van der Waals surface area contributed by atoms with Crippen LogP contribution >= 0.6 is 0 Å². The van der Waals surface area contributed by atoms with Gasteiger partial charge in [0, 0.05) is 42.3 Å². The lowest BCUT2D eigenvalue weighted by Crippen LogP contribution is -2.37. The zero-order valence-corrected chi connectivity index (χ0v) is 20.7. The second kappa shape index (κ2) is 10.5. The van der Waals surface area contributed by atoms with Crippen molar-refractivity contribution in [1.82, 2.24) is 15.3 Å². The molecule has 2 aromatic carbocycles. The van der Waals surface area contributed by atoms with Crippen LogP contribution in [0.2, 0.25) is 0 Å². The molecule has 2 amide bonds. The van der Waals surface area contributed by atoms with Crippen LogP contribution in [0.15, 0.2) is 59.5 Å². The minimum atomic E-state index is -1.50. The smallest absolute Gasteiger partial charge is 0.318 e. The fourth-order valence-electron chi connectivity index (χ4n) is 3.67. The van der Waals surface area contributed by atoms with Crippen molar-refractivity contribution in [2.24, 2.45) is 0 Å². The summed E-state index contributed by atoms with van der Waals surface area (Å²) in [7, 11) is 0.0525. The highest BCUT2D eigenvalue weighted by atomic mass is 32.2. The molecule has 4 rings (SSSR count). The first-order valence-corrected chi connectivity index (χ1v) is 12.4. The molecule has 0 saturated carbocycles. The third kappa shape index (κ3) is 5.66. The van der Waals surface area contributed by atoms with Gasteiger partial charge in [-0.1, -0.05) is 0 Å². The SMILES string of the molecule is CNC(=O)Nc1ccc(-c2nc(N3CCOCC3)cc(C(C)(C)S(=O)c3ccc(F)cc3)n2)cc1. The van der Waals surface area contributed by atoms with E-state index in [1.54, 1.807) is 19.2 Å². The minimum Gasteiger partial charge on any atom is -0.378 e. The number of halogens is 1. The molecule has 1 aliphatic heterocycles. The summed E-state index contributed by atoms with van der Waals surface area (Å²) in [6.07, 6.45) is 0. The molecule has 0 radical (unpaired) electrons. The Kier molecular flexibility index (Phi) is 7.42. The first kappa shape index (κ1) is 24.7. The normalized spacial score (nSPS) is 14.9. The summed E-state index contributed by atoms with van der Waals surface area (Å²) in [5.74, 6) is 0.835. The lowest BCUT2D eigenvalue weighted by molar-refractivity contribution is 0.122. The monoisotopic (exact) mass is 497 g/mol. The van der Waals surface area contributed by atoms with Crippen LogP contribution in [0.4, 0.5) is 20.7 Å². The Morgan fingerprint density at radius 1 is 1.06 bits per heavy atom. The first-order chi connectivity index (χ1) is 16.8. The number of rotatable bonds is 6. The van der Waals surface area contributed by atoms with Crippen molar-refractivity contribution < 1.29 is 18.1 Å². The Morgan fingerprint density at radius 2 is 1.71 bits per heavy atom. The first-order valence-electron chi connectivity index (χ1n) is 11.3. The van der Waals surface area contributed by atoms with E-state index in [4.69, 9.17) is 14.7 Å². The number of carbonyl (C=O) groups is 1. The summed E-state index contributed by atoms with van der Waals surface area (Å²) in [6, 6.07) is 14.5. The number of ether oxygens (including phenoxy) is 1. The summed E-state index contributed by atoms with van der Waals surface area (Å²) in [6.45, 7) is 6.29. The van der Waals surface area contributed by atoms with Crippen molar-refractivity contribution in [3.8, 4) is 11.4 Å². The van der Waals surface area contributed by atoms with E-state index < -0.39 is 15.5 Å². The second-order valence-corrected chi connectivity index (χ2v) is 10.6. The summed E-state index contributed by atoms with van der Waals surface area (Å²) in [4.78, 5) is 23.8. The van der Waals surface area contributed by atoms with E-state index in [1.807, 2.05) is 32.0 Å². The van der Waals surface area contributed by atoms with Gasteiger partial charge in [0.1, 0.15) is 11.6 Å². The highest BCUT2D eigenvalue weighted by Gasteiger charge is 2.33. The van der Waals surface area contributed by atoms with Crippen molar-refractivity contribution in [3.05, 3.63) is 66.1 Å². The predicted octanol–water partition coefficient (Wildman–Crippen LogP) is 3.91. The molecule has 184 valence electrons. The maximum absolute atomic E-state index is 13.5. The number of hydrogen-bond donors (Lipinski definition) is 2. The van der Waals surface area contributed by atoms with Gasteiger partial charge < -0.3 is 20.3 Å². The van der Waals surface area contributed by atoms with Crippen LogP contribution in [-0.2, 0) is 20.3 Å². The molecule has 1 saturated heterocycles. The molecule has 1 atom stereocenters. The van der Waals surface area contributed by atoms with E-state index in [0.29, 0.717) is 48.4 Å². The molecule has 1 unspecified atom stereocenters. The molecule has 0 bridgehead atoms. The van der Waals surface area contributed by atoms with Crippen molar-refractivity contribution in [1.29, 1.82) is 0 Å². The van der Waals surface area contributed by atoms with Gasteiger partial charge in [0.25, 0.3) is 0 Å². The summed E-state index contributed by atoms with van der Waals surface area (Å²) >= 11 is 0. The maximum Gasteiger partial charge on any atom is 0.318 e. The second-order valence-electron chi connectivity index (χ2n) is 8.55. The molecular weight excluding hydrogens is 469 g/mol. The van der Waals surface area contributed by atoms with E-state index in [2.05, 4.69) is 15.5 Å². The average molecular weight is 498 g/mol. The van der Waals surface area contributed by atoms with Gasteiger partial charge in [0.2, 0.25) is 0 Å². The van der Waals surface area contributed by atoms with Gasteiger partial charge in [-0.2, -0.15) is 0 Å². The lowest BCUT2D eigenvalue weighted by Gasteiger charge is -2.30. The Bertz CT molecular complexity index is 1210. The number of morpholine rings is 1. The number of aromatic nitrogens is 2. The molecule has 8 nitrogen and oxygen atoms in total. The van der Waals surface area contributed by atoms with Gasteiger partial charge >= 0.3 is 6.03 Å². The van der Waals surface area contributed by atoms with Crippen LogP contribution in [0.25, 0.3) is 11.4 Å². The third-order valence-electron chi connectivity index (χ3n) is 5.78. The Hall–Kier alpha value is -3.37.